The third-order valence-electron chi connectivity index (χ3n) is 2.90. The van der Waals surface area contributed by atoms with E-state index in [9.17, 15) is 5.26 Å². The topological polar surface area (TPSA) is 48.3 Å². The Bertz CT molecular complexity index is 214. The fourth-order valence-corrected chi connectivity index (χ4v) is 1.95. The highest BCUT2D eigenvalue weighted by Gasteiger charge is 2.40. The number of rotatable bonds is 4. The van der Waals surface area contributed by atoms with Crippen LogP contribution in [0.4, 0.5) is 0 Å². The van der Waals surface area contributed by atoms with Gasteiger partial charge in [0.2, 0.25) is 0 Å². The summed E-state index contributed by atoms with van der Waals surface area (Å²) >= 11 is 0. The van der Waals surface area contributed by atoms with E-state index in [0.29, 0.717) is 12.6 Å². The van der Waals surface area contributed by atoms with Crippen molar-refractivity contribution in [3.05, 3.63) is 0 Å². The van der Waals surface area contributed by atoms with Crippen LogP contribution in [0.15, 0.2) is 0 Å². The molecule has 1 heterocycles. The number of hydrogen-bond acceptors (Lipinski definition) is 4. The van der Waals surface area contributed by atoms with Gasteiger partial charge < -0.3 is 9.64 Å². The van der Waals surface area contributed by atoms with Crippen LogP contribution in [-0.2, 0) is 4.74 Å². The SMILES string of the molecule is COCCNC1(C#N)CC(C)N(C)C1. The molecule has 1 N–H and O–H groups in total. The summed E-state index contributed by atoms with van der Waals surface area (Å²) in [4.78, 5) is 2.21. The summed E-state index contributed by atoms with van der Waals surface area (Å²) in [6.07, 6.45) is 0.893. The van der Waals surface area contributed by atoms with Gasteiger partial charge in [0.1, 0.15) is 5.54 Å². The van der Waals surface area contributed by atoms with Gasteiger partial charge >= 0.3 is 0 Å². The summed E-state index contributed by atoms with van der Waals surface area (Å²) in [6, 6.07) is 2.87. The largest absolute Gasteiger partial charge is 0.383 e. The molecule has 0 aromatic rings. The summed E-state index contributed by atoms with van der Waals surface area (Å²) in [6.45, 7) is 4.34. The van der Waals surface area contributed by atoms with Crippen molar-refractivity contribution in [2.45, 2.75) is 24.9 Å². The molecule has 0 aliphatic carbocycles. The van der Waals surface area contributed by atoms with Gasteiger partial charge in [-0.05, 0) is 20.4 Å². The molecule has 2 atom stereocenters. The van der Waals surface area contributed by atoms with Crippen molar-refractivity contribution in [2.24, 2.45) is 0 Å². The Kier molecular flexibility index (Phi) is 3.87. The first-order chi connectivity index (χ1) is 6.63. The van der Waals surface area contributed by atoms with Crippen LogP contribution in [0.2, 0.25) is 0 Å². The zero-order valence-electron chi connectivity index (χ0n) is 9.21. The molecule has 1 fully saturated rings. The number of nitrogens with zero attached hydrogens (tertiary/aromatic N) is 2. The fourth-order valence-electron chi connectivity index (χ4n) is 1.95. The second-order valence-corrected chi connectivity index (χ2v) is 4.08. The molecule has 2 unspecified atom stereocenters. The lowest BCUT2D eigenvalue weighted by Gasteiger charge is -2.21. The minimum Gasteiger partial charge on any atom is -0.383 e. The third-order valence-corrected chi connectivity index (χ3v) is 2.90. The molecule has 0 radical (unpaired) electrons. The highest BCUT2D eigenvalue weighted by molar-refractivity contribution is 5.14. The summed E-state index contributed by atoms with van der Waals surface area (Å²) in [7, 11) is 3.73. The maximum absolute atomic E-state index is 9.17. The molecule has 1 saturated heterocycles. The minimum atomic E-state index is -0.368. The Hall–Kier alpha value is -0.630. The molecule has 4 nitrogen and oxygen atoms in total. The van der Waals surface area contributed by atoms with E-state index in [1.54, 1.807) is 7.11 Å². The van der Waals surface area contributed by atoms with Gasteiger partial charge in [-0.3, -0.25) is 5.32 Å². The van der Waals surface area contributed by atoms with Crippen LogP contribution >= 0.6 is 0 Å². The monoisotopic (exact) mass is 197 g/mol. The first-order valence-electron chi connectivity index (χ1n) is 4.99. The molecule has 0 spiro atoms. The smallest absolute Gasteiger partial charge is 0.121 e. The maximum Gasteiger partial charge on any atom is 0.121 e. The summed E-state index contributed by atoms with van der Waals surface area (Å²) in [5.74, 6) is 0. The Morgan fingerprint density at radius 3 is 2.86 bits per heavy atom. The standard InChI is InChI=1S/C10H19N3O/c1-9-6-10(7-11,8-13(9)2)12-4-5-14-3/h9,12H,4-6,8H2,1-3H3. The normalized spacial score (nSPS) is 33.1. The zero-order chi connectivity index (χ0) is 10.6. The van der Waals surface area contributed by atoms with Gasteiger partial charge in [-0.25, -0.2) is 0 Å². The lowest BCUT2D eigenvalue weighted by molar-refractivity contribution is 0.191. The van der Waals surface area contributed by atoms with Gasteiger partial charge in [0.05, 0.1) is 12.7 Å². The van der Waals surface area contributed by atoms with Crippen molar-refractivity contribution >= 4 is 0 Å². The van der Waals surface area contributed by atoms with E-state index < -0.39 is 0 Å². The number of methoxy groups -OCH3 is 1. The van der Waals surface area contributed by atoms with Crippen molar-refractivity contribution in [2.75, 3.05) is 33.9 Å². The number of ether oxygens (including phenoxy) is 1. The molecule has 0 bridgehead atoms. The quantitative estimate of drug-likeness (QED) is 0.654. The molecule has 1 rings (SSSR count). The van der Waals surface area contributed by atoms with E-state index >= 15 is 0 Å². The van der Waals surface area contributed by atoms with Crippen molar-refractivity contribution in [1.29, 1.82) is 5.26 Å². The Balaban J connectivity index is 2.48. The molecule has 80 valence electrons. The lowest BCUT2D eigenvalue weighted by Crippen LogP contribution is -2.47. The summed E-state index contributed by atoms with van der Waals surface area (Å²) < 4.78 is 4.96. The van der Waals surface area contributed by atoms with Crippen LogP contribution in [0.3, 0.4) is 0 Å². The van der Waals surface area contributed by atoms with Gasteiger partial charge in [-0.2, -0.15) is 5.26 Å². The van der Waals surface area contributed by atoms with Crippen molar-refractivity contribution in [3.8, 4) is 6.07 Å². The molecule has 1 aliphatic heterocycles. The van der Waals surface area contributed by atoms with E-state index in [1.807, 2.05) is 0 Å². The molecule has 14 heavy (non-hydrogen) atoms. The van der Waals surface area contributed by atoms with Gasteiger partial charge in [-0.15, -0.1) is 0 Å². The molecular formula is C10H19N3O. The molecule has 1 aliphatic rings. The first kappa shape index (κ1) is 11.4. The van der Waals surface area contributed by atoms with Gasteiger partial charge in [0, 0.05) is 26.2 Å². The van der Waals surface area contributed by atoms with E-state index in [-0.39, 0.29) is 5.54 Å². The number of likely N-dealkylation sites (N-methyl/N-ethyl adjacent to an activating group) is 1. The molecular weight excluding hydrogens is 178 g/mol. The van der Waals surface area contributed by atoms with Gasteiger partial charge in [0.15, 0.2) is 0 Å². The molecule has 0 saturated carbocycles. The Morgan fingerprint density at radius 2 is 2.43 bits per heavy atom. The van der Waals surface area contributed by atoms with Crippen molar-refractivity contribution < 1.29 is 4.74 Å². The molecule has 4 heteroatoms. The van der Waals surface area contributed by atoms with Crippen LogP contribution in [0.25, 0.3) is 0 Å². The number of nitriles is 1. The fraction of sp³-hybridized carbons (Fsp3) is 0.900. The molecule has 0 amide bonds. The van der Waals surface area contributed by atoms with Gasteiger partial charge in [-0.1, -0.05) is 0 Å². The van der Waals surface area contributed by atoms with Crippen LogP contribution in [0.5, 0.6) is 0 Å². The third kappa shape index (κ3) is 2.44. The highest BCUT2D eigenvalue weighted by atomic mass is 16.5. The first-order valence-corrected chi connectivity index (χ1v) is 4.99. The van der Waals surface area contributed by atoms with E-state index in [4.69, 9.17) is 4.74 Å². The van der Waals surface area contributed by atoms with E-state index in [1.165, 1.54) is 0 Å². The summed E-state index contributed by atoms with van der Waals surface area (Å²) in [5.41, 5.74) is -0.368. The molecule has 0 aromatic carbocycles. The average Bonchev–Trinajstić information content (AvgIpc) is 2.44. The maximum atomic E-state index is 9.17. The van der Waals surface area contributed by atoms with Crippen LogP contribution in [0, 0.1) is 11.3 Å². The van der Waals surface area contributed by atoms with Crippen LogP contribution < -0.4 is 5.32 Å². The highest BCUT2D eigenvalue weighted by Crippen LogP contribution is 2.24. The lowest BCUT2D eigenvalue weighted by atomic mass is 9.98. The predicted molar refractivity (Wildman–Crippen MR) is 54.9 cm³/mol. The van der Waals surface area contributed by atoms with Crippen LogP contribution in [-0.4, -0.2) is 50.3 Å². The van der Waals surface area contributed by atoms with Crippen molar-refractivity contribution in [3.63, 3.8) is 0 Å². The Labute approximate surface area is 85.8 Å². The zero-order valence-corrected chi connectivity index (χ0v) is 9.21. The number of nitrogens with one attached hydrogen (secondary N) is 1. The number of likely N-dealkylation sites (tertiary alicyclic amines) is 1. The van der Waals surface area contributed by atoms with Gasteiger partial charge in [0.25, 0.3) is 0 Å². The predicted octanol–water partition coefficient (Wildman–Crippen LogP) is 0.209. The number of hydrogen-bond donors (Lipinski definition) is 1. The summed E-state index contributed by atoms with van der Waals surface area (Å²) in [5, 5.41) is 12.5. The van der Waals surface area contributed by atoms with E-state index in [0.717, 1.165) is 19.5 Å². The van der Waals surface area contributed by atoms with Crippen LogP contribution in [0.1, 0.15) is 13.3 Å². The second-order valence-electron chi connectivity index (χ2n) is 4.08. The van der Waals surface area contributed by atoms with E-state index in [2.05, 4.69) is 30.3 Å². The minimum absolute atomic E-state index is 0.368. The molecule has 0 aromatic heterocycles. The average molecular weight is 197 g/mol. The van der Waals surface area contributed by atoms with Crippen molar-refractivity contribution in [1.82, 2.24) is 10.2 Å². The Morgan fingerprint density at radius 1 is 1.71 bits per heavy atom. The second kappa shape index (κ2) is 4.74.